The summed E-state index contributed by atoms with van der Waals surface area (Å²) in [5.41, 5.74) is 10.3. The minimum absolute atomic E-state index is 0.339. The minimum atomic E-state index is -0.339. The number of nitrogens with zero attached hydrogens (tertiary/aromatic N) is 1. The molecular formula is C21H24N2O. The van der Waals surface area contributed by atoms with Gasteiger partial charge in [0.05, 0.1) is 0 Å². The number of benzene rings is 2. The van der Waals surface area contributed by atoms with E-state index in [4.69, 9.17) is 5.73 Å². The third-order valence-electron chi connectivity index (χ3n) is 5.60. The maximum atomic E-state index is 11.3. The molecule has 1 fully saturated rings. The number of nitrogens with two attached hydrogens (primary N) is 1. The van der Waals surface area contributed by atoms with Crippen LogP contribution in [-0.2, 0) is 19.3 Å². The van der Waals surface area contributed by atoms with E-state index in [0.29, 0.717) is 17.5 Å². The van der Waals surface area contributed by atoms with Gasteiger partial charge in [-0.15, -0.1) is 0 Å². The lowest BCUT2D eigenvalue weighted by atomic mass is 9.97. The molecule has 2 aromatic carbocycles. The summed E-state index contributed by atoms with van der Waals surface area (Å²) in [6.45, 7) is 2.36. The third kappa shape index (κ3) is 3.09. The zero-order valence-electron chi connectivity index (χ0n) is 13.9. The first-order valence-corrected chi connectivity index (χ1v) is 8.88. The Morgan fingerprint density at radius 2 is 1.83 bits per heavy atom. The predicted octanol–water partition coefficient (Wildman–Crippen LogP) is 2.82. The highest BCUT2D eigenvalue weighted by atomic mass is 16.1. The van der Waals surface area contributed by atoms with Crippen molar-refractivity contribution in [3.8, 4) is 0 Å². The van der Waals surface area contributed by atoms with Gasteiger partial charge >= 0.3 is 0 Å². The van der Waals surface area contributed by atoms with E-state index in [0.717, 1.165) is 6.42 Å². The minimum Gasteiger partial charge on any atom is -0.366 e. The Kier molecular flexibility index (Phi) is 4.11. The van der Waals surface area contributed by atoms with Crippen molar-refractivity contribution in [2.75, 3.05) is 13.1 Å². The fourth-order valence-electron chi connectivity index (χ4n) is 4.34. The summed E-state index contributed by atoms with van der Waals surface area (Å²) in [6, 6.07) is 17.3. The van der Waals surface area contributed by atoms with Crippen LogP contribution in [0.3, 0.4) is 0 Å². The van der Waals surface area contributed by atoms with Crippen molar-refractivity contribution in [2.45, 2.75) is 31.7 Å². The Bertz CT molecular complexity index is 730. The molecule has 0 saturated carbocycles. The van der Waals surface area contributed by atoms with E-state index in [-0.39, 0.29) is 5.91 Å². The average Bonchev–Trinajstić information content (AvgIpc) is 3.21. The Balaban J connectivity index is 1.37. The zero-order valence-corrected chi connectivity index (χ0v) is 13.9. The SMILES string of the molecule is NC(=O)c1cccc(C[C@@H]2CCN(C3Cc4ccccc4C3)C2)c1. The van der Waals surface area contributed by atoms with Crippen molar-refractivity contribution in [3.05, 3.63) is 70.8 Å². The molecule has 0 spiro atoms. The van der Waals surface area contributed by atoms with E-state index in [1.807, 2.05) is 12.1 Å². The molecule has 124 valence electrons. The molecule has 1 aliphatic carbocycles. The smallest absolute Gasteiger partial charge is 0.248 e. The summed E-state index contributed by atoms with van der Waals surface area (Å²) in [5, 5.41) is 0. The Labute approximate surface area is 143 Å². The average molecular weight is 320 g/mol. The lowest BCUT2D eigenvalue weighted by Crippen LogP contribution is -2.34. The first-order valence-electron chi connectivity index (χ1n) is 8.88. The van der Waals surface area contributed by atoms with Crippen LogP contribution in [0.5, 0.6) is 0 Å². The lowest BCUT2D eigenvalue weighted by molar-refractivity contribution is 0.1000. The topological polar surface area (TPSA) is 46.3 Å². The normalized spacial score (nSPS) is 21.1. The monoisotopic (exact) mass is 320 g/mol. The number of carbonyl (C=O) groups excluding carboxylic acids is 1. The summed E-state index contributed by atoms with van der Waals surface area (Å²) >= 11 is 0. The van der Waals surface area contributed by atoms with Gasteiger partial charge in [-0.05, 0) is 67.0 Å². The summed E-state index contributed by atoms with van der Waals surface area (Å²) in [5.74, 6) is 0.338. The van der Waals surface area contributed by atoms with Crippen LogP contribution in [0.1, 0.15) is 33.5 Å². The van der Waals surface area contributed by atoms with E-state index in [2.05, 4.69) is 35.2 Å². The summed E-state index contributed by atoms with van der Waals surface area (Å²) in [4.78, 5) is 14.0. The van der Waals surface area contributed by atoms with Gasteiger partial charge in [0.1, 0.15) is 0 Å². The van der Waals surface area contributed by atoms with Crippen molar-refractivity contribution < 1.29 is 4.79 Å². The number of rotatable bonds is 4. The third-order valence-corrected chi connectivity index (χ3v) is 5.60. The van der Waals surface area contributed by atoms with E-state index in [1.165, 1.54) is 49.0 Å². The van der Waals surface area contributed by atoms with Gasteiger partial charge in [0.2, 0.25) is 5.91 Å². The zero-order chi connectivity index (χ0) is 16.5. The molecule has 2 aliphatic rings. The highest BCUT2D eigenvalue weighted by Crippen LogP contribution is 2.30. The second kappa shape index (κ2) is 6.40. The molecule has 2 N–H and O–H groups in total. The van der Waals surface area contributed by atoms with E-state index >= 15 is 0 Å². The number of hydrogen-bond acceptors (Lipinski definition) is 2. The fourth-order valence-corrected chi connectivity index (χ4v) is 4.34. The Morgan fingerprint density at radius 1 is 1.08 bits per heavy atom. The van der Waals surface area contributed by atoms with Crippen molar-refractivity contribution in [2.24, 2.45) is 11.7 Å². The first-order chi connectivity index (χ1) is 11.7. The molecule has 1 aliphatic heterocycles. The number of hydrogen-bond donors (Lipinski definition) is 1. The number of carbonyl (C=O) groups is 1. The number of likely N-dealkylation sites (tertiary alicyclic amines) is 1. The van der Waals surface area contributed by atoms with Crippen LogP contribution >= 0.6 is 0 Å². The summed E-state index contributed by atoms with van der Waals surface area (Å²) in [7, 11) is 0. The van der Waals surface area contributed by atoms with Gasteiger partial charge < -0.3 is 5.73 Å². The van der Waals surface area contributed by atoms with Gasteiger partial charge in [-0.25, -0.2) is 0 Å². The molecule has 24 heavy (non-hydrogen) atoms. The number of amides is 1. The van der Waals surface area contributed by atoms with Gasteiger partial charge in [0, 0.05) is 18.2 Å². The standard InChI is InChI=1S/C21H24N2O/c22-21(24)19-7-3-4-15(11-19)10-16-8-9-23(14-16)20-12-17-5-1-2-6-18(17)13-20/h1-7,11,16,20H,8-10,12-14H2,(H2,22,24)/t16-/m0/s1. The van der Waals surface area contributed by atoms with Gasteiger partial charge in [-0.3, -0.25) is 9.69 Å². The molecule has 3 heteroatoms. The molecule has 3 nitrogen and oxygen atoms in total. The predicted molar refractivity (Wildman–Crippen MR) is 96.0 cm³/mol. The fraction of sp³-hybridized carbons (Fsp3) is 0.381. The summed E-state index contributed by atoms with van der Waals surface area (Å²) < 4.78 is 0. The van der Waals surface area contributed by atoms with Gasteiger partial charge in [-0.1, -0.05) is 36.4 Å². The van der Waals surface area contributed by atoms with Gasteiger partial charge in [-0.2, -0.15) is 0 Å². The van der Waals surface area contributed by atoms with E-state index in [9.17, 15) is 4.79 Å². The van der Waals surface area contributed by atoms with Crippen LogP contribution in [0.15, 0.2) is 48.5 Å². The molecule has 1 saturated heterocycles. The van der Waals surface area contributed by atoms with Crippen LogP contribution in [0, 0.1) is 5.92 Å². The van der Waals surface area contributed by atoms with Crippen molar-refractivity contribution in [3.63, 3.8) is 0 Å². The van der Waals surface area contributed by atoms with Crippen LogP contribution in [0.4, 0.5) is 0 Å². The molecule has 2 aromatic rings. The molecule has 1 amide bonds. The second-order valence-electron chi connectivity index (χ2n) is 7.25. The number of primary amides is 1. The van der Waals surface area contributed by atoms with E-state index in [1.54, 1.807) is 6.07 Å². The Morgan fingerprint density at radius 3 is 2.54 bits per heavy atom. The lowest BCUT2D eigenvalue weighted by Gasteiger charge is -2.23. The van der Waals surface area contributed by atoms with Crippen LogP contribution in [-0.4, -0.2) is 29.9 Å². The second-order valence-corrected chi connectivity index (χ2v) is 7.25. The quantitative estimate of drug-likeness (QED) is 0.941. The van der Waals surface area contributed by atoms with Crippen LogP contribution in [0.25, 0.3) is 0 Å². The molecule has 4 rings (SSSR count). The van der Waals surface area contributed by atoms with Crippen molar-refractivity contribution in [1.29, 1.82) is 0 Å². The van der Waals surface area contributed by atoms with E-state index < -0.39 is 0 Å². The Hall–Kier alpha value is -2.13. The van der Waals surface area contributed by atoms with Crippen LogP contribution < -0.4 is 5.73 Å². The molecule has 1 atom stereocenters. The molecule has 0 aromatic heterocycles. The molecule has 0 radical (unpaired) electrons. The molecule has 0 bridgehead atoms. The van der Waals surface area contributed by atoms with Gasteiger partial charge in [0.15, 0.2) is 0 Å². The molecular weight excluding hydrogens is 296 g/mol. The number of fused-ring (bicyclic) bond motifs is 1. The maximum Gasteiger partial charge on any atom is 0.248 e. The van der Waals surface area contributed by atoms with Crippen LogP contribution in [0.2, 0.25) is 0 Å². The first kappa shape index (κ1) is 15.4. The highest BCUT2D eigenvalue weighted by Gasteiger charge is 2.32. The van der Waals surface area contributed by atoms with Crippen molar-refractivity contribution in [1.82, 2.24) is 4.90 Å². The molecule has 1 heterocycles. The highest BCUT2D eigenvalue weighted by molar-refractivity contribution is 5.92. The molecule has 0 unspecified atom stereocenters. The largest absolute Gasteiger partial charge is 0.366 e. The summed E-state index contributed by atoms with van der Waals surface area (Å²) in [6.07, 6.45) is 4.67. The van der Waals surface area contributed by atoms with Crippen molar-refractivity contribution >= 4 is 5.91 Å². The van der Waals surface area contributed by atoms with Gasteiger partial charge in [0.25, 0.3) is 0 Å². The maximum absolute atomic E-state index is 11.3.